The summed E-state index contributed by atoms with van der Waals surface area (Å²) < 4.78 is 7.32. The fraction of sp³-hybridized carbons (Fsp3) is 0.0556. The lowest BCUT2D eigenvalue weighted by Gasteiger charge is -2.11. The summed E-state index contributed by atoms with van der Waals surface area (Å²) in [6.07, 6.45) is 4.69. The Labute approximate surface area is 138 Å². The van der Waals surface area contributed by atoms with Gasteiger partial charge in [0.05, 0.1) is 11.9 Å². The molecule has 0 aliphatic rings. The number of aryl methyl sites for hydroxylation is 1. The largest absolute Gasteiger partial charge is 0.455 e. The minimum absolute atomic E-state index is 0.307. The van der Waals surface area contributed by atoms with E-state index in [1.807, 2.05) is 18.2 Å². The van der Waals surface area contributed by atoms with E-state index in [2.05, 4.69) is 10.3 Å². The second-order valence-electron chi connectivity index (χ2n) is 5.07. The average molecular weight is 321 g/mol. The van der Waals surface area contributed by atoms with Crippen molar-refractivity contribution in [3.8, 4) is 11.5 Å². The van der Waals surface area contributed by atoms with Crippen molar-refractivity contribution in [3.05, 3.63) is 72.8 Å². The molecule has 6 heteroatoms. The number of Topliss-reactive ketones (excluding diaryl/α,β-unsaturated/α-hetero) is 1. The van der Waals surface area contributed by atoms with Gasteiger partial charge >= 0.3 is 0 Å². The number of pyridine rings is 1. The van der Waals surface area contributed by atoms with Crippen molar-refractivity contribution in [2.24, 2.45) is 7.05 Å². The lowest BCUT2D eigenvalue weighted by molar-refractivity contribution is -0.112. The van der Waals surface area contributed by atoms with Crippen LogP contribution in [-0.4, -0.2) is 21.2 Å². The highest BCUT2D eigenvalue weighted by molar-refractivity contribution is 6.46. The second-order valence-corrected chi connectivity index (χ2v) is 5.07. The molecule has 2 heterocycles. The van der Waals surface area contributed by atoms with Crippen LogP contribution in [-0.2, 0) is 11.8 Å². The van der Waals surface area contributed by atoms with E-state index < -0.39 is 11.7 Å². The molecule has 120 valence electrons. The molecule has 3 rings (SSSR count). The van der Waals surface area contributed by atoms with Crippen molar-refractivity contribution in [1.29, 1.82) is 0 Å². The molecule has 1 amide bonds. The van der Waals surface area contributed by atoms with Crippen LogP contribution in [0.2, 0.25) is 0 Å². The number of nitrogens with one attached hydrogen (secondary N) is 1. The summed E-state index contributed by atoms with van der Waals surface area (Å²) in [5, 5.41) is 2.56. The van der Waals surface area contributed by atoms with Crippen LogP contribution in [0.3, 0.4) is 0 Å². The molecule has 0 aliphatic carbocycles. The van der Waals surface area contributed by atoms with Gasteiger partial charge in [0, 0.05) is 25.5 Å². The summed E-state index contributed by atoms with van der Waals surface area (Å²) in [7, 11) is 1.70. The monoisotopic (exact) mass is 321 g/mol. The molecule has 24 heavy (non-hydrogen) atoms. The number of rotatable bonds is 5. The number of hydrogen-bond acceptors (Lipinski definition) is 4. The molecular formula is C18H15N3O3. The Bertz CT molecular complexity index is 872. The highest BCUT2D eigenvalue weighted by Crippen LogP contribution is 2.28. The smallest absolute Gasteiger partial charge is 0.298 e. The molecular weight excluding hydrogens is 306 g/mol. The number of benzene rings is 1. The number of ketones is 1. The summed E-state index contributed by atoms with van der Waals surface area (Å²) in [5.74, 6) is -0.350. The van der Waals surface area contributed by atoms with Crippen LogP contribution in [0.15, 0.2) is 67.1 Å². The van der Waals surface area contributed by atoms with E-state index in [0.717, 1.165) is 0 Å². The number of anilines is 1. The number of para-hydroxylation sites is 1. The first-order valence-electron chi connectivity index (χ1n) is 7.29. The number of nitrogens with zero attached hydrogens (tertiary/aromatic N) is 2. The first-order valence-corrected chi connectivity index (χ1v) is 7.29. The Morgan fingerprint density at radius 1 is 1.08 bits per heavy atom. The Kier molecular flexibility index (Phi) is 4.38. The van der Waals surface area contributed by atoms with Gasteiger partial charge in [0.2, 0.25) is 0 Å². The molecule has 0 atom stereocenters. The van der Waals surface area contributed by atoms with Crippen LogP contribution < -0.4 is 10.1 Å². The quantitative estimate of drug-likeness (QED) is 0.579. The van der Waals surface area contributed by atoms with Crippen molar-refractivity contribution in [2.45, 2.75) is 0 Å². The van der Waals surface area contributed by atoms with Crippen LogP contribution in [0.1, 0.15) is 10.5 Å². The molecule has 0 bridgehead atoms. The van der Waals surface area contributed by atoms with Crippen molar-refractivity contribution < 1.29 is 14.3 Å². The maximum atomic E-state index is 12.2. The summed E-state index contributed by atoms with van der Waals surface area (Å²) in [6.45, 7) is 0. The van der Waals surface area contributed by atoms with Gasteiger partial charge in [-0.3, -0.25) is 14.6 Å². The Morgan fingerprint density at radius 2 is 1.88 bits per heavy atom. The van der Waals surface area contributed by atoms with Gasteiger partial charge < -0.3 is 14.6 Å². The highest BCUT2D eigenvalue weighted by atomic mass is 16.5. The molecule has 6 nitrogen and oxygen atoms in total. The third-order valence-electron chi connectivity index (χ3n) is 3.38. The molecule has 0 spiro atoms. The Morgan fingerprint density at radius 3 is 2.58 bits per heavy atom. The van der Waals surface area contributed by atoms with E-state index >= 15 is 0 Å². The first-order chi connectivity index (χ1) is 11.6. The molecule has 0 fully saturated rings. The molecule has 1 aromatic carbocycles. The zero-order chi connectivity index (χ0) is 16.9. The molecule has 0 radical (unpaired) electrons. The van der Waals surface area contributed by atoms with Crippen LogP contribution in [0.5, 0.6) is 11.5 Å². The van der Waals surface area contributed by atoms with Crippen molar-refractivity contribution in [2.75, 3.05) is 5.32 Å². The average Bonchev–Trinajstić information content (AvgIpc) is 3.03. The molecule has 1 N–H and O–H groups in total. The fourth-order valence-corrected chi connectivity index (χ4v) is 2.17. The summed E-state index contributed by atoms with van der Waals surface area (Å²) >= 11 is 0. The highest BCUT2D eigenvalue weighted by Gasteiger charge is 2.20. The predicted molar refractivity (Wildman–Crippen MR) is 89.1 cm³/mol. The topological polar surface area (TPSA) is 73.2 Å². The predicted octanol–water partition coefficient (Wildman–Crippen LogP) is 3.03. The molecule has 0 unspecified atom stereocenters. The molecule has 0 saturated heterocycles. The van der Waals surface area contributed by atoms with E-state index in [1.165, 1.54) is 6.20 Å². The standard InChI is InChI=1S/C18H15N3O3/c1-21-11-5-8-15(21)17(22)18(23)20-14-12-19-10-9-16(14)24-13-6-3-2-4-7-13/h2-12H,1H3,(H,20,23). The summed E-state index contributed by atoms with van der Waals surface area (Å²) in [6, 6.07) is 14.1. The lowest BCUT2D eigenvalue weighted by Crippen LogP contribution is -2.24. The van der Waals surface area contributed by atoms with Gasteiger partial charge in [-0.15, -0.1) is 0 Å². The van der Waals surface area contributed by atoms with Gasteiger partial charge in [-0.2, -0.15) is 0 Å². The fourth-order valence-electron chi connectivity index (χ4n) is 2.17. The maximum absolute atomic E-state index is 12.2. The second kappa shape index (κ2) is 6.78. The third kappa shape index (κ3) is 3.33. The normalized spacial score (nSPS) is 10.2. The van der Waals surface area contributed by atoms with Gasteiger partial charge in [0.25, 0.3) is 11.7 Å². The number of carbonyl (C=O) groups excluding carboxylic acids is 2. The Hall–Kier alpha value is -3.41. The Balaban J connectivity index is 1.79. The van der Waals surface area contributed by atoms with E-state index in [-0.39, 0.29) is 0 Å². The van der Waals surface area contributed by atoms with E-state index in [9.17, 15) is 9.59 Å². The van der Waals surface area contributed by atoms with E-state index in [0.29, 0.717) is 22.9 Å². The molecule has 0 aliphatic heterocycles. The minimum Gasteiger partial charge on any atom is -0.455 e. The third-order valence-corrected chi connectivity index (χ3v) is 3.38. The zero-order valence-electron chi connectivity index (χ0n) is 13.0. The SMILES string of the molecule is Cn1cccc1C(=O)C(=O)Nc1cnccc1Oc1ccccc1. The summed E-state index contributed by atoms with van der Waals surface area (Å²) in [4.78, 5) is 28.4. The van der Waals surface area contributed by atoms with Crippen molar-refractivity contribution in [3.63, 3.8) is 0 Å². The van der Waals surface area contributed by atoms with Crippen LogP contribution >= 0.6 is 0 Å². The lowest BCUT2D eigenvalue weighted by atomic mass is 10.2. The maximum Gasteiger partial charge on any atom is 0.298 e. The minimum atomic E-state index is -0.747. The van der Waals surface area contributed by atoms with Crippen LogP contribution in [0, 0.1) is 0 Å². The number of amides is 1. The molecule has 3 aromatic rings. The van der Waals surface area contributed by atoms with Gasteiger partial charge in [-0.25, -0.2) is 0 Å². The van der Waals surface area contributed by atoms with Crippen LogP contribution in [0.25, 0.3) is 0 Å². The van der Waals surface area contributed by atoms with Gasteiger partial charge in [-0.05, 0) is 24.3 Å². The van der Waals surface area contributed by atoms with Gasteiger partial charge in [0.1, 0.15) is 11.4 Å². The summed E-state index contributed by atoms with van der Waals surface area (Å²) in [5.41, 5.74) is 0.635. The molecule has 0 saturated carbocycles. The van der Waals surface area contributed by atoms with Crippen molar-refractivity contribution in [1.82, 2.24) is 9.55 Å². The number of hydrogen-bond donors (Lipinski definition) is 1. The van der Waals surface area contributed by atoms with Gasteiger partial charge in [-0.1, -0.05) is 18.2 Å². The first kappa shape index (κ1) is 15.5. The van der Waals surface area contributed by atoms with Crippen LogP contribution in [0.4, 0.5) is 5.69 Å². The zero-order valence-corrected chi connectivity index (χ0v) is 13.0. The number of ether oxygens (including phenoxy) is 1. The van der Waals surface area contributed by atoms with Crippen molar-refractivity contribution >= 4 is 17.4 Å². The van der Waals surface area contributed by atoms with E-state index in [1.54, 1.807) is 54.3 Å². The van der Waals surface area contributed by atoms with Gasteiger partial charge in [0.15, 0.2) is 5.75 Å². The number of carbonyl (C=O) groups is 2. The van der Waals surface area contributed by atoms with E-state index in [4.69, 9.17) is 4.74 Å². The molecule has 2 aromatic heterocycles. The number of aromatic nitrogens is 2.